The molecule has 0 aromatic heterocycles. The molecule has 0 unspecified atom stereocenters. The van der Waals surface area contributed by atoms with Crippen LogP contribution in [-0.2, 0) is 4.79 Å². The van der Waals surface area contributed by atoms with Gasteiger partial charge >= 0.3 is 0 Å². The number of nitrogens with one attached hydrogen (secondary N) is 1. The molecule has 0 saturated heterocycles. The van der Waals surface area contributed by atoms with E-state index in [9.17, 15) is 4.79 Å². The Morgan fingerprint density at radius 3 is 2.57 bits per heavy atom. The number of carbonyl (C=O) groups is 1. The fraction of sp³-hybridized carbons (Fsp3) is 0.188. The molecule has 0 fully saturated rings. The van der Waals surface area contributed by atoms with Crippen LogP contribution >= 0.6 is 23.4 Å². The minimum absolute atomic E-state index is 0.0931. The Morgan fingerprint density at radius 2 is 1.86 bits per heavy atom. The molecule has 3 nitrogen and oxygen atoms in total. The van der Waals surface area contributed by atoms with E-state index in [1.165, 1.54) is 11.8 Å². The molecule has 0 bridgehead atoms. The lowest BCUT2D eigenvalue weighted by atomic mass is 10.3. The van der Waals surface area contributed by atoms with Gasteiger partial charge in [-0.2, -0.15) is 0 Å². The van der Waals surface area contributed by atoms with Gasteiger partial charge in [-0.3, -0.25) is 4.79 Å². The van der Waals surface area contributed by atoms with Crippen molar-refractivity contribution < 1.29 is 9.53 Å². The van der Waals surface area contributed by atoms with Crippen molar-refractivity contribution in [2.24, 2.45) is 0 Å². The monoisotopic (exact) mass is 321 g/mol. The molecule has 2 rings (SSSR count). The predicted molar refractivity (Wildman–Crippen MR) is 88.4 cm³/mol. The van der Waals surface area contributed by atoms with Gasteiger partial charge in [0, 0.05) is 4.90 Å². The molecular weight excluding hydrogens is 306 g/mol. The van der Waals surface area contributed by atoms with Crippen LogP contribution in [0.25, 0.3) is 0 Å². The van der Waals surface area contributed by atoms with Gasteiger partial charge in [-0.1, -0.05) is 35.9 Å². The molecule has 1 atom stereocenters. The normalized spacial score (nSPS) is 11.8. The highest BCUT2D eigenvalue weighted by atomic mass is 35.5. The van der Waals surface area contributed by atoms with Crippen LogP contribution in [0, 0.1) is 0 Å². The number of hydrogen-bond donors (Lipinski definition) is 1. The first kappa shape index (κ1) is 15.7. The van der Waals surface area contributed by atoms with Crippen LogP contribution < -0.4 is 10.1 Å². The first-order chi connectivity index (χ1) is 10.1. The smallest absolute Gasteiger partial charge is 0.237 e. The van der Waals surface area contributed by atoms with E-state index in [-0.39, 0.29) is 11.2 Å². The second-order valence-electron chi connectivity index (χ2n) is 4.38. The number of halogens is 1. The number of ether oxygens (including phenoxy) is 1. The van der Waals surface area contributed by atoms with Crippen molar-refractivity contribution >= 4 is 35.0 Å². The number of para-hydroxylation sites is 2. The molecular formula is C16H16ClNO2S. The lowest BCUT2D eigenvalue weighted by Gasteiger charge is -2.14. The van der Waals surface area contributed by atoms with Crippen molar-refractivity contribution in [2.45, 2.75) is 17.1 Å². The number of methoxy groups -OCH3 is 1. The predicted octanol–water partition coefficient (Wildman–Crippen LogP) is 4.47. The van der Waals surface area contributed by atoms with Crippen molar-refractivity contribution in [3.63, 3.8) is 0 Å². The first-order valence-corrected chi connectivity index (χ1v) is 7.72. The van der Waals surface area contributed by atoms with E-state index < -0.39 is 0 Å². The van der Waals surface area contributed by atoms with Crippen molar-refractivity contribution in [3.05, 3.63) is 53.6 Å². The quantitative estimate of drug-likeness (QED) is 0.826. The Labute approximate surface area is 133 Å². The molecule has 5 heteroatoms. The summed E-state index contributed by atoms with van der Waals surface area (Å²) < 4.78 is 5.22. The van der Waals surface area contributed by atoms with Gasteiger partial charge in [0.05, 0.1) is 23.1 Å². The van der Waals surface area contributed by atoms with Gasteiger partial charge in [0.25, 0.3) is 0 Å². The average Bonchev–Trinajstić information content (AvgIpc) is 2.50. The average molecular weight is 322 g/mol. The van der Waals surface area contributed by atoms with Gasteiger partial charge in [-0.25, -0.2) is 0 Å². The molecule has 1 amide bonds. The zero-order valence-electron chi connectivity index (χ0n) is 11.8. The third kappa shape index (κ3) is 4.16. The summed E-state index contributed by atoms with van der Waals surface area (Å²) in [6, 6.07) is 14.8. The summed E-state index contributed by atoms with van der Waals surface area (Å²) in [4.78, 5) is 13.2. The van der Waals surface area contributed by atoms with Crippen LogP contribution in [-0.4, -0.2) is 18.3 Å². The topological polar surface area (TPSA) is 38.3 Å². The number of thioether (sulfide) groups is 1. The van der Waals surface area contributed by atoms with Gasteiger partial charge in [-0.05, 0) is 31.2 Å². The third-order valence-corrected chi connectivity index (χ3v) is 4.49. The van der Waals surface area contributed by atoms with Crippen molar-refractivity contribution in [1.82, 2.24) is 0 Å². The van der Waals surface area contributed by atoms with Crippen LogP contribution in [0.15, 0.2) is 53.4 Å². The van der Waals surface area contributed by atoms with Gasteiger partial charge in [-0.15, -0.1) is 11.8 Å². The molecule has 0 aliphatic carbocycles. The number of hydrogen-bond acceptors (Lipinski definition) is 3. The maximum atomic E-state index is 12.3. The number of benzene rings is 2. The second kappa shape index (κ2) is 7.38. The summed E-state index contributed by atoms with van der Waals surface area (Å²) in [5, 5.41) is 3.26. The molecule has 110 valence electrons. The van der Waals surface area contributed by atoms with Crippen molar-refractivity contribution in [1.29, 1.82) is 0 Å². The molecule has 2 aromatic carbocycles. The molecule has 0 radical (unpaired) electrons. The van der Waals surface area contributed by atoms with E-state index in [4.69, 9.17) is 16.3 Å². The summed E-state index contributed by atoms with van der Waals surface area (Å²) in [5.41, 5.74) is 0.664. The zero-order chi connectivity index (χ0) is 15.2. The van der Waals surface area contributed by atoms with Crippen molar-refractivity contribution in [2.75, 3.05) is 12.4 Å². The van der Waals surface area contributed by atoms with Gasteiger partial charge in [0.2, 0.25) is 5.91 Å². The van der Waals surface area contributed by atoms with Crippen LogP contribution in [0.1, 0.15) is 6.92 Å². The Hall–Kier alpha value is -1.65. The molecule has 0 saturated carbocycles. The lowest BCUT2D eigenvalue weighted by Crippen LogP contribution is -2.22. The maximum Gasteiger partial charge on any atom is 0.237 e. The van der Waals surface area contributed by atoms with Gasteiger partial charge < -0.3 is 10.1 Å². The van der Waals surface area contributed by atoms with Crippen LogP contribution in [0.4, 0.5) is 5.69 Å². The summed E-state index contributed by atoms with van der Waals surface area (Å²) in [6.45, 7) is 1.85. The van der Waals surface area contributed by atoms with E-state index in [0.717, 1.165) is 4.90 Å². The lowest BCUT2D eigenvalue weighted by molar-refractivity contribution is -0.115. The van der Waals surface area contributed by atoms with Crippen LogP contribution in [0.3, 0.4) is 0 Å². The summed E-state index contributed by atoms with van der Waals surface area (Å²) in [5.74, 6) is 0.546. The third-order valence-electron chi connectivity index (χ3n) is 2.87. The van der Waals surface area contributed by atoms with E-state index in [1.807, 2.05) is 55.5 Å². The molecule has 0 aliphatic heterocycles. The highest BCUT2D eigenvalue weighted by Crippen LogP contribution is 2.31. The van der Waals surface area contributed by atoms with Gasteiger partial charge in [0.1, 0.15) is 5.75 Å². The standard InChI is InChI=1S/C16H16ClNO2S/c1-11(21-15-10-6-3-7-12(15)17)16(19)18-13-8-4-5-9-14(13)20-2/h3-11H,1-2H3,(H,18,19)/t11-/m0/s1. The fourth-order valence-electron chi connectivity index (χ4n) is 1.77. The second-order valence-corrected chi connectivity index (χ2v) is 6.17. The number of anilines is 1. The summed E-state index contributed by atoms with van der Waals surface area (Å²) in [7, 11) is 1.58. The summed E-state index contributed by atoms with van der Waals surface area (Å²) >= 11 is 7.53. The fourth-order valence-corrected chi connectivity index (χ4v) is 2.92. The minimum atomic E-state index is -0.269. The first-order valence-electron chi connectivity index (χ1n) is 6.47. The number of carbonyl (C=O) groups excluding carboxylic acids is 1. The molecule has 0 aliphatic rings. The van der Waals surface area contributed by atoms with E-state index in [1.54, 1.807) is 7.11 Å². The number of amides is 1. The minimum Gasteiger partial charge on any atom is -0.495 e. The SMILES string of the molecule is COc1ccccc1NC(=O)[C@H](C)Sc1ccccc1Cl. The Balaban J connectivity index is 2.05. The Kier molecular flexibility index (Phi) is 5.53. The van der Waals surface area contributed by atoms with Gasteiger partial charge in [0.15, 0.2) is 0 Å². The maximum absolute atomic E-state index is 12.3. The summed E-state index contributed by atoms with van der Waals surface area (Å²) in [6.07, 6.45) is 0. The molecule has 0 spiro atoms. The van der Waals surface area contributed by atoms with Crippen LogP contribution in [0.5, 0.6) is 5.75 Å². The highest BCUT2D eigenvalue weighted by molar-refractivity contribution is 8.00. The Morgan fingerprint density at radius 1 is 1.19 bits per heavy atom. The van der Waals surface area contributed by atoms with E-state index >= 15 is 0 Å². The Bertz CT molecular complexity index is 633. The van der Waals surface area contributed by atoms with Crippen molar-refractivity contribution in [3.8, 4) is 5.75 Å². The molecule has 2 aromatic rings. The molecule has 0 heterocycles. The largest absolute Gasteiger partial charge is 0.495 e. The number of rotatable bonds is 5. The molecule has 21 heavy (non-hydrogen) atoms. The van der Waals surface area contributed by atoms with E-state index in [0.29, 0.717) is 16.5 Å². The zero-order valence-corrected chi connectivity index (χ0v) is 13.4. The highest BCUT2D eigenvalue weighted by Gasteiger charge is 2.17. The van der Waals surface area contributed by atoms with E-state index in [2.05, 4.69) is 5.32 Å². The molecule has 1 N–H and O–H groups in total. The van der Waals surface area contributed by atoms with Crippen LogP contribution in [0.2, 0.25) is 5.02 Å².